The molecule has 3 aromatic rings. The number of nitrogens with zero attached hydrogens (tertiary/aromatic N) is 2. The van der Waals surface area contributed by atoms with E-state index < -0.39 is 0 Å². The van der Waals surface area contributed by atoms with Crippen LogP contribution in [0.15, 0.2) is 43.6 Å². The molecule has 0 fully saturated rings. The first kappa shape index (κ1) is 16.1. The Labute approximate surface area is 152 Å². The van der Waals surface area contributed by atoms with Crippen LogP contribution in [0.4, 0.5) is 0 Å². The zero-order valence-corrected chi connectivity index (χ0v) is 16.5. The number of hydrogen-bond acceptors (Lipinski definition) is 3. The molecule has 3 nitrogen and oxygen atoms in total. The standard InChI is InChI=1S/C15H12Br2N2OS2/c1-2-7-19-10-4-3-9(16)8-12(10)22-15(19)18-14(20)11-5-6-13(17)21-11/h3-6,8H,2,7H2,1H3. The van der Waals surface area contributed by atoms with Crippen molar-refractivity contribution in [2.75, 3.05) is 0 Å². The smallest absolute Gasteiger partial charge is 0.289 e. The molecule has 0 N–H and O–H groups in total. The maximum Gasteiger partial charge on any atom is 0.289 e. The number of carbonyl (C=O) groups is 1. The molecule has 2 heterocycles. The Hall–Kier alpha value is -0.760. The molecule has 7 heteroatoms. The third-order valence-corrected chi connectivity index (χ3v) is 6.22. The Balaban J connectivity index is 2.14. The van der Waals surface area contributed by atoms with Crippen LogP contribution in [0, 0.1) is 0 Å². The molecule has 0 aliphatic carbocycles. The Morgan fingerprint density at radius 1 is 1.23 bits per heavy atom. The van der Waals surface area contributed by atoms with Gasteiger partial charge in [0.05, 0.1) is 18.9 Å². The van der Waals surface area contributed by atoms with Gasteiger partial charge in [0.25, 0.3) is 5.91 Å². The van der Waals surface area contributed by atoms with E-state index in [0.29, 0.717) is 4.88 Å². The van der Waals surface area contributed by atoms with Gasteiger partial charge in [-0.1, -0.05) is 34.2 Å². The average Bonchev–Trinajstić information content (AvgIpc) is 3.04. The number of rotatable bonds is 3. The summed E-state index contributed by atoms with van der Waals surface area (Å²) in [5.41, 5.74) is 1.12. The van der Waals surface area contributed by atoms with Crippen LogP contribution in [-0.2, 0) is 6.54 Å². The van der Waals surface area contributed by atoms with Crippen molar-refractivity contribution in [2.45, 2.75) is 19.9 Å². The summed E-state index contributed by atoms with van der Waals surface area (Å²) in [5.74, 6) is -0.189. The van der Waals surface area contributed by atoms with E-state index in [1.165, 1.54) is 11.3 Å². The van der Waals surface area contributed by atoms with Gasteiger partial charge in [0.2, 0.25) is 0 Å². The van der Waals surface area contributed by atoms with Crippen LogP contribution in [0.25, 0.3) is 10.2 Å². The number of carbonyl (C=O) groups excluding carboxylic acids is 1. The molecule has 1 amide bonds. The number of aromatic nitrogens is 1. The summed E-state index contributed by atoms with van der Waals surface area (Å²) < 4.78 is 5.21. The Morgan fingerprint density at radius 3 is 2.73 bits per heavy atom. The van der Waals surface area contributed by atoms with Crippen molar-refractivity contribution in [3.8, 4) is 0 Å². The molecule has 0 saturated heterocycles. The van der Waals surface area contributed by atoms with Crippen molar-refractivity contribution in [1.82, 2.24) is 4.57 Å². The normalized spacial score (nSPS) is 12.2. The van der Waals surface area contributed by atoms with Gasteiger partial charge >= 0.3 is 0 Å². The monoisotopic (exact) mass is 458 g/mol. The fraction of sp³-hybridized carbons (Fsp3) is 0.200. The molecule has 0 saturated carbocycles. The highest BCUT2D eigenvalue weighted by atomic mass is 79.9. The van der Waals surface area contributed by atoms with Gasteiger partial charge in [-0.15, -0.1) is 11.3 Å². The lowest BCUT2D eigenvalue weighted by molar-refractivity contribution is 0.100. The molecule has 0 radical (unpaired) electrons. The second-order valence-electron chi connectivity index (χ2n) is 4.67. The van der Waals surface area contributed by atoms with Crippen LogP contribution >= 0.6 is 54.5 Å². The van der Waals surface area contributed by atoms with Gasteiger partial charge in [-0.25, -0.2) is 0 Å². The van der Waals surface area contributed by atoms with Gasteiger partial charge in [0.1, 0.15) is 0 Å². The van der Waals surface area contributed by atoms with Crippen LogP contribution in [0.5, 0.6) is 0 Å². The molecule has 114 valence electrons. The van der Waals surface area contributed by atoms with Crippen LogP contribution in [-0.4, -0.2) is 10.5 Å². The highest BCUT2D eigenvalue weighted by molar-refractivity contribution is 9.11. The molecular weight excluding hydrogens is 448 g/mol. The highest BCUT2D eigenvalue weighted by Crippen LogP contribution is 2.24. The minimum atomic E-state index is -0.189. The Bertz CT molecular complexity index is 908. The topological polar surface area (TPSA) is 34.4 Å². The number of amides is 1. The number of thiophene rings is 1. The van der Waals surface area contributed by atoms with Crippen LogP contribution in [0.2, 0.25) is 0 Å². The second kappa shape index (κ2) is 6.78. The molecule has 1 aromatic carbocycles. The number of benzene rings is 1. The maximum absolute atomic E-state index is 12.3. The van der Waals surface area contributed by atoms with Crippen molar-refractivity contribution in [2.24, 2.45) is 4.99 Å². The third-order valence-electron chi connectivity index (χ3n) is 3.07. The van der Waals surface area contributed by atoms with Gasteiger partial charge in [-0.3, -0.25) is 4.79 Å². The van der Waals surface area contributed by atoms with E-state index in [4.69, 9.17) is 0 Å². The zero-order chi connectivity index (χ0) is 15.7. The maximum atomic E-state index is 12.3. The van der Waals surface area contributed by atoms with Gasteiger partial charge < -0.3 is 4.57 Å². The lowest BCUT2D eigenvalue weighted by Crippen LogP contribution is -2.16. The molecule has 2 aromatic heterocycles. The number of hydrogen-bond donors (Lipinski definition) is 0. The number of aryl methyl sites for hydroxylation is 1. The van der Waals surface area contributed by atoms with E-state index in [9.17, 15) is 4.79 Å². The predicted molar refractivity (Wildman–Crippen MR) is 99.7 cm³/mol. The van der Waals surface area contributed by atoms with E-state index in [0.717, 1.165) is 36.2 Å². The fourth-order valence-electron chi connectivity index (χ4n) is 2.14. The van der Waals surface area contributed by atoms with Gasteiger partial charge in [0.15, 0.2) is 4.80 Å². The second-order valence-corrected chi connectivity index (χ2v) is 9.06. The first-order valence-electron chi connectivity index (χ1n) is 6.72. The summed E-state index contributed by atoms with van der Waals surface area (Å²) in [5, 5.41) is 0. The highest BCUT2D eigenvalue weighted by Gasteiger charge is 2.10. The van der Waals surface area contributed by atoms with Crippen molar-refractivity contribution < 1.29 is 4.79 Å². The molecule has 0 spiro atoms. The SMILES string of the molecule is CCCn1c(=NC(=O)c2ccc(Br)s2)sc2cc(Br)ccc21. The van der Waals surface area contributed by atoms with Crippen molar-refractivity contribution in [3.05, 3.63) is 48.3 Å². The predicted octanol–water partition coefficient (Wildman–Crippen LogP) is 5.44. The first-order valence-corrected chi connectivity index (χ1v) is 9.93. The molecule has 0 bridgehead atoms. The van der Waals surface area contributed by atoms with E-state index in [-0.39, 0.29) is 5.91 Å². The minimum absolute atomic E-state index is 0.189. The van der Waals surface area contributed by atoms with Crippen LogP contribution in [0.1, 0.15) is 23.0 Å². The largest absolute Gasteiger partial charge is 0.316 e. The molecule has 0 atom stereocenters. The number of halogens is 2. The average molecular weight is 460 g/mol. The summed E-state index contributed by atoms with van der Waals surface area (Å²) >= 11 is 9.82. The van der Waals surface area contributed by atoms with Gasteiger partial charge in [-0.2, -0.15) is 4.99 Å². The minimum Gasteiger partial charge on any atom is -0.316 e. The lowest BCUT2D eigenvalue weighted by Gasteiger charge is -2.02. The molecule has 0 aliphatic heterocycles. The summed E-state index contributed by atoms with van der Waals surface area (Å²) in [6.45, 7) is 2.97. The van der Waals surface area contributed by atoms with E-state index in [2.05, 4.69) is 60.5 Å². The van der Waals surface area contributed by atoms with Crippen LogP contribution < -0.4 is 4.80 Å². The zero-order valence-electron chi connectivity index (χ0n) is 11.7. The van der Waals surface area contributed by atoms with Crippen molar-refractivity contribution in [1.29, 1.82) is 0 Å². The summed E-state index contributed by atoms with van der Waals surface area (Å²) in [6, 6.07) is 9.82. The summed E-state index contributed by atoms with van der Waals surface area (Å²) in [6.07, 6.45) is 0.994. The van der Waals surface area contributed by atoms with E-state index in [1.807, 2.05) is 12.1 Å². The third kappa shape index (κ3) is 3.27. The lowest BCUT2D eigenvalue weighted by atomic mass is 10.3. The van der Waals surface area contributed by atoms with Gasteiger partial charge in [-0.05, 0) is 52.7 Å². The van der Waals surface area contributed by atoms with Crippen molar-refractivity contribution in [3.63, 3.8) is 0 Å². The number of thiazole rings is 1. The summed E-state index contributed by atoms with van der Waals surface area (Å²) in [4.78, 5) is 18.1. The summed E-state index contributed by atoms with van der Waals surface area (Å²) in [7, 11) is 0. The fourth-order valence-corrected chi connectivity index (χ4v) is 5.02. The van der Waals surface area contributed by atoms with Crippen molar-refractivity contribution >= 4 is 70.7 Å². The quantitative estimate of drug-likeness (QED) is 0.513. The van der Waals surface area contributed by atoms with Gasteiger partial charge in [0, 0.05) is 11.0 Å². The van der Waals surface area contributed by atoms with E-state index in [1.54, 1.807) is 17.4 Å². The molecule has 3 rings (SSSR count). The molecule has 0 aliphatic rings. The van der Waals surface area contributed by atoms with E-state index >= 15 is 0 Å². The van der Waals surface area contributed by atoms with Crippen LogP contribution in [0.3, 0.4) is 0 Å². The molecule has 22 heavy (non-hydrogen) atoms. The number of fused-ring (bicyclic) bond motifs is 1. The Morgan fingerprint density at radius 2 is 2.05 bits per heavy atom. The molecule has 0 unspecified atom stereocenters. The molecular formula is C15H12Br2N2OS2. The first-order chi connectivity index (χ1) is 10.6. The Kier molecular flexibility index (Phi) is 4.97.